The van der Waals surface area contributed by atoms with E-state index < -0.39 is 48.7 Å². The van der Waals surface area contributed by atoms with Gasteiger partial charge in [0.2, 0.25) is 5.91 Å². The van der Waals surface area contributed by atoms with Crippen LogP contribution in [0.3, 0.4) is 0 Å². The fourth-order valence-corrected chi connectivity index (χ4v) is 6.43. The third kappa shape index (κ3) is 9.35. The number of benzene rings is 2. The molecule has 3 N–H and O–H groups in total. The van der Waals surface area contributed by atoms with E-state index in [4.69, 9.17) is 9.29 Å². The molecule has 3 aromatic rings. The summed E-state index contributed by atoms with van der Waals surface area (Å²) >= 11 is 1.15. The second-order valence-corrected chi connectivity index (χ2v) is 15.2. The number of rotatable bonds is 12. The highest BCUT2D eigenvalue weighted by Crippen LogP contribution is 2.27. The number of nitrogens with zero attached hydrogens (tertiary/aromatic N) is 1. The van der Waals surface area contributed by atoms with Gasteiger partial charge in [0, 0.05) is 5.38 Å². The van der Waals surface area contributed by atoms with Crippen molar-refractivity contribution in [2.75, 3.05) is 11.8 Å². The van der Waals surface area contributed by atoms with Crippen LogP contribution in [0.1, 0.15) is 48.6 Å². The second kappa shape index (κ2) is 13.1. The number of thiazole rings is 1. The van der Waals surface area contributed by atoms with Gasteiger partial charge in [-0.05, 0) is 56.9 Å². The highest BCUT2D eigenvalue weighted by Gasteiger charge is 2.32. The lowest BCUT2D eigenvalue weighted by Gasteiger charge is -2.21. The van der Waals surface area contributed by atoms with E-state index in [-0.39, 0.29) is 24.3 Å². The first-order valence-corrected chi connectivity index (χ1v) is 16.5. The average molecular weight is 624 g/mol. The Kier molecular flexibility index (Phi) is 10.3. The predicted octanol–water partition coefficient (Wildman–Crippen LogP) is 3.50. The molecule has 222 valence electrons. The minimum atomic E-state index is -4.45. The summed E-state index contributed by atoms with van der Waals surface area (Å²) in [5.41, 5.74) is 1.98. The Hall–Kier alpha value is -3.33. The van der Waals surface area contributed by atoms with Crippen molar-refractivity contribution in [3.63, 3.8) is 0 Å². The van der Waals surface area contributed by atoms with Crippen LogP contribution >= 0.6 is 11.3 Å². The summed E-state index contributed by atoms with van der Waals surface area (Å²) in [5, 5.41) is 4.90. The molecule has 0 fully saturated rings. The molecule has 2 aromatic carbocycles. The normalized spacial score (nSPS) is 13.7. The minimum Gasteiger partial charge on any atom is -0.468 e. The number of carbonyl (C=O) groups excluding carboxylic acids is 2. The van der Waals surface area contributed by atoms with Gasteiger partial charge < -0.3 is 10.1 Å². The van der Waals surface area contributed by atoms with Crippen LogP contribution in [0.2, 0.25) is 0 Å². The number of nitrogens with one attached hydrogen (secondary N) is 2. The lowest BCUT2D eigenvalue weighted by molar-refractivity contribution is -0.150. The largest absolute Gasteiger partial charge is 0.468 e. The van der Waals surface area contributed by atoms with Gasteiger partial charge in [-0.15, -0.1) is 11.3 Å². The second-order valence-electron chi connectivity index (χ2n) is 10.3. The predicted molar refractivity (Wildman–Crippen MR) is 156 cm³/mol. The monoisotopic (exact) mass is 623 g/mol. The summed E-state index contributed by atoms with van der Waals surface area (Å²) in [4.78, 5) is 30.6. The molecular weight excluding hydrogens is 591 g/mol. The van der Waals surface area contributed by atoms with Crippen molar-refractivity contribution >= 4 is 49.0 Å². The van der Waals surface area contributed by atoms with Gasteiger partial charge in [0.05, 0.1) is 29.3 Å². The highest BCUT2D eigenvalue weighted by atomic mass is 32.2. The molecule has 14 heteroatoms. The van der Waals surface area contributed by atoms with Crippen molar-refractivity contribution in [1.82, 2.24) is 10.3 Å². The molecule has 0 saturated carbocycles. The molecule has 0 radical (unpaired) electrons. The number of ether oxygens (including phenoxy) is 1. The fourth-order valence-electron chi connectivity index (χ4n) is 3.80. The number of aromatic nitrogens is 1. The zero-order valence-electron chi connectivity index (χ0n) is 23.0. The van der Waals surface area contributed by atoms with Crippen LogP contribution in [0.4, 0.5) is 5.69 Å². The molecule has 2 atom stereocenters. The van der Waals surface area contributed by atoms with Crippen LogP contribution in [0, 0.1) is 5.92 Å². The van der Waals surface area contributed by atoms with Crippen molar-refractivity contribution in [3.8, 4) is 0 Å². The Balaban J connectivity index is 1.91. The molecule has 0 saturated heterocycles. The number of sulfone groups is 1. The number of amides is 1. The summed E-state index contributed by atoms with van der Waals surface area (Å²) in [5.74, 6) is -2.71. The minimum absolute atomic E-state index is 0.105. The van der Waals surface area contributed by atoms with E-state index in [9.17, 15) is 26.4 Å². The first-order chi connectivity index (χ1) is 19.1. The Morgan fingerprint density at radius 3 is 2.15 bits per heavy atom. The third-order valence-corrected chi connectivity index (χ3v) is 10.3. The van der Waals surface area contributed by atoms with Gasteiger partial charge in [-0.1, -0.05) is 42.5 Å². The summed E-state index contributed by atoms with van der Waals surface area (Å²) < 4.78 is 62.6. The van der Waals surface area contributed by atoms with Crippen LogP contribution < -0.4 is 10.0 Å². The Bertz CT molecular complexity index is 1560. The molecule has 0 aliphatic carbocycles. The molecule has 0 aliphatic heterocycles. The number of hydrogen-bond acceptors (Lipinski definition) is 9. The first-order valence-electron chi connectivity index (χ1n) is 12.5. The van der Waals surface area contributed by atoms with Crippen LogP contribution in [0.15, 0.2) is 60.0 Å². The molecule has 0 aliphatic rings. The number of carbonyl (C=O) groups is 2. The van der Waals surface area contributed by atoms with Crippen molar-refractivity contribution in [2.45, 2.75) is 50.2 Å². The van der Waals surface area contributed by atoms with E-state index in [1.807, 2.05) is 10.8 Å². The van der Waals surface area contributed by atoms with E-state index in [0.717, 1.165) is 16.9 Å². The maximum atomic E-state index is 13.5. The van der Waals surface area contributed by atoms with Crippen LogP contribution in [-0.2, 0) is 53.1 Å². The van der Waals surface area contributed by atoms with E-state index in [2.05, 4.69) is 10.3 Å². The summed E-state index contributed by atoms with van der Waals surface area (Å²) in [6, 6.07) is 14.3. The summed E-state index contributed by atoms with van der Waals surface area (Å²) in [6.07, 6.45) is 0.292. The Morgan fingerprint density at radius 1 is 0.976 bits per heavy atom. The molecule has 0 unspecified atom stereocenters. The quantitative estimate of drug-likeness (QED) is 0.155. The number of methoxy groups -OCH3 is 1. The smallest absolute Gasteiger partial charge is 0.357 e. The van der Waals surface area contributed by atoms with Crippen molar-refractivity contribution in [3.05, 3.63) is 81.8 Å². The zero-order valence-corrected chi connectivity index (χ0v) is 25.5. The first kappa shape index (κ1) is 32.2. The Labute approximate surface area is 244 Å². The lowest BCUT2D eigenvalue weighted by atomic mass is 9.97. The standard InChI is InChI=1S/C27H33N3O8S3/c1-27(2,3)40(33,34)17-24-28-23(16-39-24)22(15-19-10-12-20(13-11-19)30-41(35,36)37)29-25(31)21(26(32)38-4)14-18-8-6-5-7-9-18/h5-13,16,21-22,30H,14-15,17H2,1-4H3,(H,29,31)(H,35,36,37)/t21-,22-/m0/s1. The molecule has 0 spiro atoms. The van der Waals surface area contributed by atoms with Gasteiger partial charge in [-0.25, -0.2) is 13.4 Å². The van der Waals surface area contributed by atoms with Crippen molar-refractivity contribution in [2.24, 2.45) is 5.92 Å². The summed E-state index contributed by atoms with van der Waals surface area (Å²) in [6.45, 7) is 4.83. The molecule has 11 nitrogen and oxygen atoms in total. The van der Waals surface area contributed by atoms with Gasteiger partial charge in [0.25, 0.3) is 0 Å². The molecule has 41 heavy (non-hydrogen) atoms. The third-order valence-electron chi connectivity index (χ3n) is 6.21. The van der Waals surface area contributed by atoms with Crippen LogP contribution in [-0.4, -0.2) is 50.1 Å². The molecule has 1 aromatic heterocycles. The molecule has 1 heterocycles. The number of hydrogen-bond donors (Lipinski definition) is 3. The van der Waals surface area contributed by atoms with Gasteiger partial charge >= 0.3 is 16.3 Å². The maximum absolute atomic E-state index is 13.5. The van der Waals surface area contributed by atoms with Crippen LogP contribution in [0.5, 0.6) is 0 Å². The molecule has 1 amide bonds. The van der Waals surface area contributed by atoms with Crippen LogP contribution in [0.25, 0.3) is 0 Å². The number of esters is 1. The van der Waals surface area contributed by atoms with Gasteiger partial charge in [0.15, 0.2) is 9.84 Å². The van der Waals surface area contributed by atoms with Crippen molar-refractivity contribution in [1.29, 1.82) is 0 Å². The average Bonchev–Trinajstić information content (AvgIpc) is 3.34. The zero-order chi connectivity index (χ0) is 30.4. The molecule has 0 bridgehead atoms. The van der Waals surface area contributed by atoms with Gasteiger partial charge in [0.1, 0.15) is 16.7 Å². The van der Waals surface area contributed by atoms with E-state index in [1.54, 1.807) is 62.5 Å². The molecular formula is C27H33N3O8S3. The van der Waals surface area contributed by atoms with Gasteiger partial charge in [-0.3, -0.25) is 18.9 Å². The Morgan fingerprint density at radius 2 is 1.59 bits per heavy atom. The maximum Gasteiger partial charge on any atom is 0.357 e. The SMILES string of the molecule is COC(=O)[C@@H](Cc1ccccc1)C(=O)N[C@@H](Cc1ccc(NS(=O)(=O)O)cc1)c1csc(CS(=O)(=O)C(C)(C)C)n1. The topological polar surface area (TPSA) is 169 Å². The van der Waals surface area contributed by atoms with E-state index in [0.29, 0.717) is 16.3 Å². The summed E-state index contributed by atoms with van der Waals surface area (Å²) in [7, 11) is -6.75. The number of anilines is 1. The van der Waals surface area contributed by atoms with Crippen molar-refractivity contribution < 1.29 is 35.7 Å². The lowest BCUT2D eigenvalue weighted by Crippen LogP contribution is -2.40. The molecule has 3 rings (SSSR count). The fraction of sp³-hybridized carbons (Fsp3) is 0.370. The van der Waals surface area contributed by atoms with E-state index in [1.165, 1.54) is 19.2 Å². The van der Waals surface area contributed by atoms with Gasteiger partial charge in [-0.2, -0.15) is 8.42 Å². The van der Waals surface area contributed by atoms with E-state index >= 15 is 0 Å². The highest BCUT2D eigenvalue weighted by molar-refractivity contribution is 7.92.